The summed E-state index contributed by atoms with van der Waals surface area (Å²) in [6.07, 6.45) is -0.626. The molecule has 0 fully saturated rings. The Morgan fingerprint density at radius 1 is 1.10 bits per heavy atom. The monoisotopic (exact) mass is 465 g/mol. The van der Waals surface area contributed by atoms with Crippen molar-refractivity contribution >= 4 is 40.2 Å². The van der Waals surface area contributed by atoms with Crippen LogP contribution in [0.5, 0.6) is 0 Å². The molecule has 0 spiro atoms. The van der Waals surface area contributed by atoms with Gasteiger partial charge in [0, 0.05) is 15.7 Å². The lowest BCUT2D eigenvalue weighted by atomic mass is 10.1. The average molecular weight is 466 g/mol. The van der Waals surface area contributed by atoms with Crippen molar-refractivity contribution in [1.82, 2.24) is 5.32 Å². The molecule has 0 saturated heterocycles. The molecule has 0 aliphatic carbocycles. The number of nitrogens with zero attached hydrogens (tertiary/aromatic N) is 2. The highest BCUT2D eigenvalue weighted by atomic mass is 79.9. The summed E-state index contributed by atoms with van der Waals surface area (Å²) in [4.78, 5) is 14.2. The van der Waals surface area contributed by atoms with Gasteiger partial charge in [-0.1, -0.05) is 45.8 Å². The van der Waals surface area contributed by atoms with E-state index < -0.39 is 12.1 Å². The molecule has 1 amide bonds. The van der Waals surface area contributed by atoms with Crippen molar-refractivity contribution < 1.29 is 9.21 Å². The average Bonchev–Trinajstić information content (AvgIpc) is 3.19. The molecule has 7 heteroatoms. The number of hydrogen-bond acceptors (Lipinski definition) is 5. The fraction of sp³-hybridized carbons (Fsp3) is 0.0909. The first-order valence-corrected chi connectivity index (χ1v) is 10.1. The minimum absolute atomic E-state index is 0.0372. The number of aryl methyl sites for hydroxylation is 1. The first kappa shape index (κ1) is 19.4. The van der Waals surface area contributed by atoms with Crippen molar-refractivity contribution in [2.24, 2.45) is 0 Å². The van der Waals surface area contributed by atoms with E-state index in [0.29, 0.717) is 11.5 Å². The number of carbonyl (C=O) groups is 1. The fourth-order valence-electron chi connectivity index (χ4n) is 3.15. The fourth-order valence-corrected chi connectivity index (χ4v) is 3.80. The topological polar surface area (TPSA) is 69.3 Å². The molecule has 0 saturated carbocycles. The molecule has 144 valence electrons. The molecule has 1 aliphatic rings. The van der Waals surface area contributed by atoms with Crippen LogP contribution in [0.25, 0.3) is 11.3 Å². The molecule has 2 heterocycles. The molecule has 0 radical (unpaired) electrons. The summed E-state index contributed by atoms with van der Waals surface area (Å²) in [6, 6.07) is 21.2. The van der Waals surface area contributed by atoms with E-state index in [1.807, 2.05) is 73.7 Å². The molecular weight excluding hydrogens is 450 g/mol. The smallest absolute Gasteiger partial charge is 0.266 e. The van der Waals surface area contributed by atoms with Crippen LogP contribution in [0.4, 0.5) is 5.69 Å². The molecule has 4 rings (SSSR count). The second kappa shape index (κ2) is 7.82. The van der Waals surface area contributed by atoms with Crippen molar-refractivity contribution in [1.29, 1.82) is 5.26 Å². The van der Waals surface area contributed by atoms with Gasteiger partial charge in [0.15, 0.2) is 6.17 Å². The zero-order valence-electron chi connectivity index (χ0n) is 15.4. The van der Waals surface area contributed by atoms with Crippen molar-refractivity contribution in [3.05, 3.63) is 87.1 Å². The second-order valence-corrected chi connectivity index (χ2v) is 7.94. The lowest BCUT2D eigenvalue weighted by Gasteiger charge is -2.36. The Hall–Kier alpha value is -2.95. The maximum absolute atomic E-state index is 12.5. The van der Waals surface area contributed by atoms with Crippen molar-refractivity contribution in [3.63, 3.8) is 0 Å². The van der Waals surface area contributed by atoms with E-state index in [0.717, 1.165) is 21.3 Å². The number of halogens is 1. The van der Waals surface area contributed by atoms with Crippen molar-refractivity contribution in [3.8, 4) is 17.4 Å². The highest BCUT2D eigenvalue weighted by Gasteiger charge is 2.35. The van der Waals surface area contributed by atoms with Gasteiger partial charge in [0.05, 0.1) is 5.03 Å². The molecule has 3 aromatic rings. The van der Waals surface area contributed by atoms with Gasteiger partial charge in [0.2, 0.25) is 0 Å². The number of amides is 1. The van der Waals surface area contributed by atoms with Gasteiger partial charge in [-0.05, 0) is 43.3 Å². The summed E-state index contributed by atoms with van der Waals surface area (Å²) in [6.45, 7) is 1.99. The normalized spacial score (nSPS) is 16.6. The van der Waals surface area contributed by atoms with E-state index in [9.17, 15) is 10.1 Å². The van der Waals surface area contributed by atoms with Crippen LogP contribution in [0.2, 0.25) is 0 Å². The number of hydrogen-bond donors (Lipinski definition) is 2. The largest absolute Gasteiger partial charge is 0.457 e. The van der Waals surface area contributed by atoms with Gasteiger partial charge in [0.1, 0.15) is 23.2 Å². The zero-order valence-corrected chi connectivity index (χ0v) is 17.9. The van der Waals surface area contributed by atoms with Crippen LogP contribution in [0, 0.1) is 18.3 Å². The minimum Gasteiger partial charge on any atom is -0.457 e. The number of nitriles is 1. The predicted molar refractivity (Wildman–Crippen MR) is 118 cm³/mol. The van der Waals surface area contributed by atoms with Crippen LogP contribution in [-0.4, -0.2) is 5.91 Å². The van der Waals surface area contributed by atoms with Crippen molar-refractivity contribution in [2.45, 2.75) is 13.1 Å². The van der Waals surface area contributed by atoms with E-state index in [1.54, 1.807) is 4.90 Å². The third kappa shape index (κ3) is 3.69. The lowest BCUT2D eigenvalue weighted by Crippen LogP contribution is -2.45. The van der Waals surface area contributed by atoms with E-state index >= 15 is 0 Å². The van der Waals surface area contributed by atoms with E-state index in [2.05, 4.69) is 33.9 Å². The quantitative estimate of drug-likeness (QED) is 0.513. The zero-order chi connectivity index (χ0) is 20.5. The minimum atomic E-state index is -0.626. The molecule has 0 unspecified atom stereocenters. The highest BCUT2D eigenvalue weighted by molar-refractivity contribution is 9.10. The summed E-state index contributed by atoms with van der Waals surface area (Å²) < 4.78 is 7.06. The third-order valence-electron chi connectivity index (χ3n) is 4.65. The van der Waals surface area contributed by atoms with Gasteiger partial charge in [-0.2, -0.15) is 5.26 Å². The van der Waals surface area contributed by atoms with E-state index in [4.69, 9.17) is 4.42 Å². The standard InChI is InChI=1S/C22H16BrN3O2S/c1-13-2-8-16(9-3-13)26-20(25-21(27)17(12-24)22(26)29)19-11-10-18(28-19)14-4-6-15(23)7-5-14/h2-11,20,29H,1H3,(H,25,27)/t20-/m0/s1. The number of anilines is 1. The first-order valence-electron chi connectivity index (χ1n) is 8.83. The van der Waals surface area contributed by atoms with Crippen molar-refractivity contribution in [2.75, 3.05) is 4.90 Å². The lowest BCUT2D eigenvalue weighted by molar-refractivity contribution is -0.118. The van der Waals surface area contributed by atoms with Gasteiger partial charge < -0.3 is 14.6 Å². The molecule has 1 aromatic heterocycles. The number of nitrogens with one attached hydrogen (secondary N) is 1. The molecule has 1 atom stereocenters. The molecular formula is C22H16BrN3O2S. The Morgan fingerprint density at radius 2 is 1.79 bits per heavy atom. The van der Waals surface area contributed by atoms with Gasteiger partial charge in [-0.3, -0.25) is 4.79 Å². The Kier molecular flexibility index (Phi) is 5.22. The number of furan rings is 1. The van der Waals surface area contributed by atoms with E-state index in [1.165, 1.54) is 0 Å². The number of thiol groups is 1. The SMILES string of the molecule is Cc1ccc(N2C(S)=C(C#N)C(=O)N[C@@H]2c2ccc(-c3ccc(Br)cc3)o2)cc1. The number of benzene rings is 2. The molecule has 0 bridgehead atoms. The molecule has 29 heavy (non-hydrogen) atoms. The summed E-state index contributed by atoms with van der Waals surface area (Å²) >= 11 is 7.93. The summed E-state index contributed by atoms with van der Waals surface area (Å²) in [5.41, 5.74) is 2.78. The van der Waals surface area contributed by atoms with Crippen LogP contribution in [0.1, 0.15) is 17.5 Å². The van der Waals surface area contributed by atoms with Crippen LogP contribution in [-0.2, 0) is 4.79 Å². The van der Waals surface area contributed by atoms with Gasteiger partial charge in [0.25, 0.3) is 5.91 Å². The first-order chi connectivity index (χ1) is 14.0. The van der Waals surface area contributed by atoms with E-state index in [-0.39, 0.29) is 10.6 Å². The maximum atomic E-state index is 12.5. The predicted octanol–water partition coefficient (Wildman–Crippen LogP) is 5.32. The number of rotatable bonds is 3. The second-order valence-electron chi connectivity index (χ2n) is 6.60. The number of carbonyl (C=O) groups excluding carboxylic acids is 1. The van der Waals surface area contributed by atoms with Crippen LogP contribution >= 0.6 is 28.6 Å². The molecule has 1 N–H and O–H groups in total. The molecule has 2 aromatic carbocycles. The Balaban J connectivity index is 1.78. The van der Waals surface area contributed by atoms with Gasteiger partial charge in [-0.25, -0.2) is 0 Å². The van der Waals surface area contributed by atoms with Gasteiger partial charge >= 0.3 is 0 Å². The molecule has 1 aliphatic heterocycles. The molecule has 5 nitrogen and oxygen atoms in total. The summed E-state index contributed by atoms with van der Waals surface area (Å²) in [7, 11) is 0. The van der Waals surface area contributed by atoms with Crippen LogP contribution < -0.4 is 10.2 Å². The Morgan fingerprint density at radius 3 is 2.45 bits per heavy atom. The maximum Gasteiger partial charge on any atom is 0.266 e. The van der Waals surface area contributed by atoms with Gasteiger partial charge in [-0.15, -0.1) is 12.6 Å². The summed E-state index contributed by atoms with van der Waals surface area (Å²) in [5.74, 6) is 0.745. The van der Waals surface area contributed by atoms with Crippen LogP contribution in [0.3, 0.4) is 0 Å². The third-order valence-corrected chi connectivity index (χ3v) is 5.62. The van der Waals surface area contributed by atoms with Crippen LogP contribution in [0.15, 0.2) is 80.2 Å². The Bertz CT molecular complexity index is 1140. The summed E-state index contributed by atoms with van der Waals surface area (Å²) in [5, 5.41) is 12.5. The highest BCUT2D eigenvalue weighted by Crippen LogP contribution is 2.37. The Labute approximate surface area is 182 Å².